The fraction of sp³-hybridized carbons (Fsp3) is 0.333. The molecular weight excluding hydrogens is 151 g/mol. The van der Waals surface area contributed by atoms with Gasteiger partial charge in [0.2, 0.25) is 0 Å². The highest BCUT2D eigenvalue weighted by atomic mass is 31.2. The molecule has 0 radical (unpaired) electrons. The van der Waals surface area contributed by atoms with Crippen LogP contribution in [0.15, 0.2) is 12.7 Å². The Morgan fingerprint density at radius 2 is 2.50 bits per heavy atom. The molecule has 0 aliphatic carbocycles. The maximum absolute atomic E-state index is 10.7. The molecule has 0 saturated heterocycles. The normalized spacial score (nSPS) is 15.2. The van der Waals surface area contributed by atoms with Gasteiger partial charge in [-0.1, -0.05) is 12.0 Å². The van der Waals surface area contributed by atoms with E-state index in [9.17, 15) is 4.57 Å². The lowest BCUT2D eigenvalue weighted by molar-refractivity contribution is 0.294. The van der Waals surface area contributed by atoms with E-state index in [1.165, 1.54) is 6.08 Å². The molecule has 0 aliphatic heterocycles. The van der Waals surface area contributed by atoms with Crippen molar-refractivity contribution in [3.63, 3.8) is 0 Å². The van der Waals surface area contributed by atoms with Crippen LogP contribution in [0.5, 0.6) is 0 Å². The highest BCUT2D eigenvalue weighted by Crippen LogP contribution is 2.41. The maximum atomic E-state index is 10.7. The summed E-state index contributed by atoms with van der Waals surface area (Å²) in [5.74, 6) is 2.09. The quantitative estimate of drug-likeness (QED) is 0.379. The minimum Gasteiger partial charge on any atom is -0.324 e. The van der Waals surface area contributed by atoms with E-state index < -0.39 is 7.60 Å². The van der Waals surface area contributed by atoms with Crippen LogP contribution in [0.2, 0.25) is 0 Å². The number of allylic oxidation sites excluding steroid dienone is 1. The van der Waals surface area contributed by atoms with Gasteiger partial charge in [0.15, 0.2) is 0 Å². The molecule has 4 heteroatoms. The molecule has 0 bridgehead atoms. The van der Waals surface area contributed by atoms with Crippen molar-refractivity contribution in [2.45, 2.75) is 0 Å². The summed E-state index contributed by atoms with van der Waals surface area (Å²) in [5.41, 5.74) is 0. The summed E-state index contributed by atoms with van der Waals surface area (Å²) in [5, 5.41) is 0. The molecule has 0 aromatic carbocycles. The van der Waals surface area contributed by atoms with Crippen molar-refractivity contribution in [2.75, 3.05) is 12.8 Å². The van der Waals surface area contributed by atoms with Crippen molar-refractivity contribution in [1.29, 1.82) is 0 Å². The third kappa shape index (κ3) is 4.34. The first-order valence-corrected chi connectivity index (χ1v) is 4.39. The zero-order valence-corrected chi connectivity index (χ0v) is 6.38. The molecule has 1 atom stereocenters. The molecule has 0 amide bonds. The van der Waals surface area contributed by atoms with Gasteiger partial charge in [-0.3, -0.25) is 9.09 Å². The van der Waals surface area contributed by atoms with Crippen LogP contribution in [0.25, 0.3) is 0 Å². The molecule has 56 valence electrons. The summed E-state index contributed by atoms with van der Waals surface area (Å²) in [6.07, 6.45) is 6.05. The molecule has 10 heavy (non-hydrogen) atoms. The van der Waals surface area contributed by atoms with E-state index >= 15 is 0 Å². The topological polar surface area (TPSA) is 46.5 Å². The predicted molar refractivity (Wildman–Crippen MR) is 39.7 cm³/mol. The average Bonchev–Trinajstić information content (AvgIpc) is 1.84. The zero-order valence-electron chi connectivity index (χ0n) is 5.49. The lowest BCUT2D eigenvalue weighted by Gasteiger charge is -2.05. The van der Waals surface area contributed by atoms with E-state index in [4.69, 9.17) is 11.3 Å². The SMILES string of the molecule is C#CCOP(=O)(O)CC=C. The first kappa shape index (κ1) is 9.45. The molecule has 0 heterocycles. The van der Waals surface area contributed by atoms with Crippen LogP contribution in [0.1, 0.15) is 0 Å². The summed E-state index contributed by atoms with van der Waals surface area (Å²) in [6.45, 7) is 3.15. The molecule has 0 aliphatic rings. The van der Waals surface area contributed by atoms with Gasteiger partial charge in [-0.05, 0) is 0 Å². The number of rotatable bonds is 4. The van der Waals surface area contributed by atoms with E-state index in [-0.39, 0.29) is 12.8 Å². The molecule has 0 rings (SSSR count). The minimum atomic E-state index is -3.47. The van der Waals surface area contributed by atoms with Gasteiger partial charge in [0.05, 0.1) is 6.16 Å². The fourth-order valence-electron chi connectivity index (χ4n) is 0.354. The van der Waals surface area contributed by atoms with Crippen molar-refractivity contribution in [3.8, 4) is 12.3 Å². The Labute approximate surface area is 60.2 Å². The number of terminal acetylenes is 1. The van der Waals surface area contributed by atoms with Crippen molar-refractivity contribution in [2.24, 2.45) is 0 Å². The Bertz CT molecular complexity index is 192. The Balaban J connectivity index is 3.77. The Kier molecular flexibility index (Phi) is 4.06. The van der Waals surface area contributed by atoms with Gasteiger partial charge in [0.25, 0.3) is 0 Å². The molecule has 0 saturated carbocycles. The van der Waals surface area contributed by atoms with E-state index in [0.717, 1.165) is 0 Å². The smallest absolute Gasteiger partial charge is 0.324 e. The molecule has 3 nitrogen and oxygen atoms in total. The molecule has 0 spiro atoms. The first-order valence-electron chi connectivity index (χ1n) is 2.63. The van der Waals surface area contributed by atoms with E-state index in [1.54, 1.807) is 0 Å². The molecule has 1 N–H and O–H groups in total. The van der Waals surface area contributed by atoms with Crippen LogP contribution >= 0.6 is 7.60 Å². The molecule has 0 aromatic heterocycles. The van der Waals surface area contributed by atoms with Gasteiger partial charge in [-0.25, -0.2) is 0 Å². The van der Waals surface area contributed by atoms with E-state index in [2.05, 4.69) is 17.0 Å². The Morgan fingerprint density at radius 3 is 2.90 bits per heavy atom. The van der Waals surface area contributed by atoms with Crippen molar-refractivity contribution in [3.05, 3.63) is 12.7 Å². The standard InChI is InChI=1S/C6H9O3P/c1-3-5-9-10(7,8)6-4-2/h1,4H,2,5-6H2,(H,7,8). The minimum absolute atomic E-state index is 0.0608. The van der Waals surface area contributed by atoms with Gasteiger partial charge in [-0.15, -0.1) is 13.0 Å². The summed E-state index contributed by atoms with van der Waals surface area (Å²) in [4.78, 5) is 8.81. The largest absolute Gasteiger partial charge is 0.332 e. The molecule has 1 unspecified atom stereocenters. The number of hydrogen-bond acceptors (Lipinski definition) is 2. The molecule has 0 aromatic rings. The Morgan fingerprint density at radius 1 is 1.90 bits per heavy atom. The second-order valence-corrected chi connectivity index (χ2v) is 3.48. The maximum Gasteiger partial charge on any atom is 0.332 e. The average molecular weight is 160 g/mol. The second kappa shape index (κ2) is 4.29. The van der Waals surface area contributed by atoms with Crippen molar-refractivity contribution in [1.82, 2.24) is 0 Å². The Hall–Kier alpha value is -0.550. The molecular formula is C6H9O3P. The summed E-state index contributed by atoms with van der Waals surface area (Å²) >= 11 is 0. The van der Waals surface area contributed by atoms with Crippen LogP contribution < -0.4 is 0 Å². The summed E-state index contributed by atoms with van der Waals surface area (Å²) < 4.78 is 15.2. The first-order chi connectivity index (χ1) is 4.62. The second-order valence-electron chi connectivity index (χ2n) is 1.59. The highest BCUT2D eigenvalue weighted by Gasteiger charge is 2.14. The lowest BCUT2D eigenvalue weighted by atomic mass is 10.8. The summed E-state index contributed by atoms with van der Waals surface area (Å²) in [6, 6.07) is 0. The number of hydrogen-bond donors (Lipinski definition) is 1. The van der Waals surface area contributed by atoms with E-state index in [1.807, 2.05) is 0 Å². The highest BCUT2D eigenvalue weighted by molar-refractivity contribution is 7.53. The van der Waals surface area contributed by atoms with Crippen LogP contribution in [0.3, 0.4) is 0 Å². The van der Waals surface area contributed by atoms with E-state index in [0.29, 0.717) is 0 Å². The van der Waals surface area contributed by atoms with Crippen LogP contribution in [-0.4, -0.2) is 17.7 Å². The van der Waals surface area contributed by atoms with Crippen LogP contribution in [0, 0.1) is 12.3 Å². The predicted octanol–water partition coefficient (Wildman–Crippen LogP) is 1.01. The van der Waals surface area contributed by atoms with Crippen molar-refractivity contribution < 1.29 is 14.0 Å². The summed E-state index contributed by atoms with van der Waals surface area (Å²) in [7, 11) is -3.47. The third-order valence-corrected chi connectivity index (χ3v) is 1.96. The fourth-order valence-corrected chi connectivity index (χ4v) is 1.06. The van der Waals surface area contributed by atoms with Gasteiger partial charge >= 0.3 is 7.60 Å². The van der Waals surface area contributed by atoms with Gasteiger partial charge in [-0.2, -0.15) is 0 Å². The van der Waals surface area contributed by atoms with Crippen LogP contribution in [0.4, 0.5) is 0 Å². The van der Waals surface area contributed by atoms with Gasteiger partial charge in [0.1, 0.15) is 6.61 Å². The third-order valence-electron chi connectivity index (χ3n) is 0.709. The monoisotopic (exact) mass is 160 g/mol. The van der Waals surface area contributed by atoms with Crippen molar-refractivity contribution >= 4 is 7.60 Å². The molecule has 0 fully saturated rings. The van der Waals surface area contributed by atoms with Gasteiger partial charge < -0.3 is 4.89 Å². The van der Waals surface area contributed by atoms with Gasteiger partial charge in [0, 0.05) is 0 Å². The lowest BCUT2D eigenvalue weighted by Crippen LogP contribution is -1.92. The van der Waals surface area contributed by atoms with Crippen LogP contribution in [-0.2, 0) is 9.09 Å². The zero-order chi connectivity index (χ0) is 8.04.